The molecule has 1 aliphatic carbocycles. The number of benzene rings is 1. The van der Waals surface area contributed by atoms with E-state index in [0.717, 1.165) is 19.3 Å². The fourth-order valence-electron chi connectivity index (χ4n) is 2.09. The van der Waals surface area contributed by atoms with E-state index in [-0.39, 0.29) is 17.3 Å². The first-order valence-corrected chi connectivity index (χ1v) is 6.24. The number of alkyl halides is 1. The summed E-state index contributed by atoms with van der Waals surface area (Å²) in [4.78, 5) is 12.1. The maximum Gasteiger partial charge on any atom is 0.252 e. The highest BCUT2D eigenvalue weighted by atomic mass is 35.5. The molecule has 1 fully saturated rings. The van der Waals surface area contributed by atoms with Crippen molar-refractivity contribution in [2.45, 2.75) is 31.7 Å². The number of rotatable bonds is 3. The van der Waals surface area contributed by atoms with Crippen molar-refractivity contribution in [3.05, 3.63) is 35.1 Å². The van der Waals surface area contributed by atoms with Crippen LogP contribution in [0.3, 0.4) is 0 Å². The van der Waals surface area contributed by atoms with Gasteiger partial charge in [0.25, 0.3) is 5.91 Å². The molecule has 0 heterocycles. The van der Waals surface area contributed by atoms with Crippen molar-refractivity contribution in [2.75, 3.05) is 5.88 Å². The van der Waals surface area contributed by atoms with Crippen LogP contribution in [0, 0.1) is 12.7 Å². The van der Waals surface area contributed by atoms with Gasteiger partial charge < -0.3 is 5.32 Å². The topological polar surface area (TPSA) is 29.1 Å². The Hall–Kier alpha value is -1.09. The van der Waals surface area contributed by atoms with Crippen molar-refractivity contribution in [3.63, 3.8) is 0 Å². The molecule has 0 aromatic heterocycles. The highest BCUT2D eigenvalue weighted by Gasteiger charge is 2.37. The van der Waals surface area contributed by atoms with Crippen molar-refractivity contribution in [2.24, 2.45) is 0 Å². The SMILES string of the molecule is Cc1cc(F)ccc1C(=O)NC1(CCl)CCC1. The minimum absolute atomic E-state index is 0.164. The molecule has 1 aromatic carbocycles. The molecule has 0 unspecified atom stereocenters. The summed E-state index contributed by atoms with van der Waals surface area (Å²) in [5.74, 6) is -0.0588. The maximum absolute atomic E-state index is 12.9. The molecule has 1 N–H and O–H groups in total. The van der Waals surface area contributed by atoms with E-state index in [1.807, 2.05) is 0 Å². The van der Waals surface area contributed by atoms with Crippen LogP contribution in [0.2, 0.25) is 0 Å². The van der Waals surface area contributed by atoms with Crippen molar-refractivity contribution in [1.82, 2.24) is 5.32 Å². The zero-order chi connectivity index (χ0) is 12.5. The zero-order valence-corrected chi connectivity index (χ0v) is 10.5. The van der Waals surface area contributed by atoms with Gasteiger partial charge in [-0.3, -0.25) is 4.79 Å². The summed E-state index contributed by atoms with van der Waals surface area (Å²) >= 11 is 5.88. The van der Waals surface area contributed by atoms with Gasteiger partial charge in [0.2, 0.25) is 0 Å². The van der Waals surface area contributed by atoms with Crippen molar-refractivity contribution in [1.29, 1.82) is 0 Å². The highest BCUT2D eigenvalue weighted by Crippen LogP contribution is 2.33. The smallest absolute Gasteiger partial charge is 0.252 e. The Balaban J connectivity index is 2.14. The van der Waals surface area contributed by atoms with Crippen molar-refractivity contribution in [3.8, 4) is 0 Å². The van der Waals surface area contributed by atoms with Crippen LogP contribution in [0.1, 0.15) is 35.2 Å². The first-order chi connectivity index (χ1) is 8.06. The van der Waals surface area contributed by atoms with E-state index in [4.69, 9.17) is 11.6 Å². The number of carbonyl (C=O) groups is 1. The van der Waals surface area contributed by atoms with Gasteiger partial charge in [-0.2, -0.15) is 0 Å². The third-order valence-corrected chi connectivity index (χ3v) is 3.89. The maximum atomic E-state index is 12.9. The Morgan fingerprint density at radius 3 is 2.71 bits per heavy atom. The summed E-state index contributed by atoms with van der Waals surface area (Å²) in [6.07, 6.45) is 2.93. The Labute approximate surface area is 105 Å². The Morgan fingerprint density at radius 2 is 2.24 bits per heavy atom. The second-order valence-electron chi connectivity index (χ2n) is 4.68. The lowest BCUT2D eigenvalue weighted by molar-refractivity contribution is 0.0853. The van der Waals surface area contributed by atoms with Crippen LogP contribution in [0.5, 0.6) is 0 Å². The minimum Gasteiger partial charge on any atom is -0.345 e. The number of hydrogen-bond acceptors (Lipinski definition) is 1. The van der Waals surface area contributed by atoms with E-state index < -0.39 is 0 Å². The number of carbonyl (C=O) groups excluding carboxylic acids is 1. The number of nitrogens with one attached hydrogen (secondary N) is 1. The first-order valence-electron chi connectivity index (χ1n) is 5.71. The van der Waals surface area contributed by atoms with E-state index >= 15 is 0 Å². The van der Waals surface area contributed by atoms with Crippen LogP contribution >= 0.6 is 11.6 Å². The molecule has 17 heavy (non-hydrogen) atoms. The van der Waals surface area contributed by atoms with Gasteiger partial charge in [-0.05, 0) is 49.9 Å². The van der Waals surface area contributed by atoms with Gasteiger partial charge in [0, 0.05) is 11.4 Å². The molecule has 1 aromatic rings. The number of hydrogen-bond donors (Lipinski definition) is 1. The minimum atomic E-state index is -0.324. The normalized spacial score (nSPS) is 17.4. The summed E-state index contributed by atoms with van der Waals surface area (Å²) in [5, 5.41) is 2.96. The zero-order valence-electron chi connectivity index (χ0n) is 9.72. The number of amides is 1. The van der Waals surface area contributed by atoms with Gasteiger partial charge in [0.15, 0.2) is 0 Å². The number of halogens is 2. The summed E-state index contributed by atoms with van der Waals surface area (Å²) in [6, 6.07) is 4.18. The van der Waals surface area contributed by atoms with Gasteiger partial charge in [-0.1, -0.05) is 0 Å². The van der Waals surface area contributed by atoms with E-state index in [0.29, 0.717) is 17.0 Å². The lowest BCUT2D eigenvalue weighted by atomic mass is 9.78. The molecule has 0 saturated heterocycles. The van der Waals surface area contributed by atoms with Crippen LogP contribution in [-0.4, -0.2) is 17.3 Å². The van der Waals surface area contributed by atoms with Crippen LogP contribution in [0.25, 0.3) is 0 Å². The molecular formula is C13H15ClFNO. The lowest BCUT2D eigenvalue weighted by Gasteiger charge is -2.41. The molecule has 1 saturated carbocycles. The fourth-order valence-corrected chi connectivity index (χ4v) is 2.42. The standard InChI is InChI=1S/C13H15ClFNO/c1-9-7-10(15)3-4-11(9)12(17)16-13(8-14)5-2-6-13/h3-4,7H,2,5-6,8H2,1H3,(H,16,17). The van der Waals surface area contributed by atoms with Crippen molar-refractivity contribution < 1.29 is 9.18 Å². The molecule has 2 rings (SSSR count). The van der Waals surface area contributed by atoms with Gasteiger partial charge >= 0.3 is 0 Å². The molecule has 0 bridgehead atoms. The molecule has 0 radical (unpaired) electrons. The molecular weight excluding hydrogens is 241 g/mol. The first kappa shape index (κ1) is 12.4. The van der Waals surface area contributed by atoms with Crippen LogP contribution in [0.15, 0.2) is 18.2 Å². The van der Waals surface area contributed by atoms with E-state index in [1.54, 1.807) is 6.92 Å². The average Bonchev–Trinajstić information content (AvgIpc) is 2.23. The fraction of sp³-hybridized carbons (Fsp3) is 0.462. The van der Waals surface area contributed by atoms with E-state index in [9.17, 15) is 9.18 Å². The predicted molar refractivity (Wildman–Crippen MR) is 65.9 cm³/mol. The van der Waals surface area contributed by atoms with Crippen LogP contribution in [-0.2, 0) is 0 Å². The summed E-state index contributed by atoms with van der Waals surface area (Å²) < 4.78 is 12.9. The van der Waals surface area contributed by atoms with Gasteiger partial charge in [-0.25, -0.2) is 4.39 Å². The molecule has 0 spiro atoms. The lowest BCUT2D eigenvalue weighted by Crippen LogP contribution is -2.55. The van der Waals surface area contributed by atoms with Gasteiger partial charge in [0.05, 0.1) is 5.54 Å². The third kappa shape index (κ3) is 2.44. The average molecular weight is 256 g/mol. The van der Waals surface area contributed by atoms with E-state index in [1.165, 1.54) is 18.2 Å². The molecule has 0 atom stereocenters. The van der Waals surface area contributed by atoms with Gasteiger partial charge in [0.1, 0.15) is 5.82 Å². The highest BCUT2D eigenvalue weighted by molar-refractivity contribution is 6.19. The molecule has 92 valence electrons. The molecule has 1 aliphatic rings. The second kappa shape index (κ2) is 4.65. The summed E-state index contributed by atoms with van der Waals surface area (Å²) in [6.45, 7) is 1.73. The molecule has 1 amide bonds. The summed E-state index contributed by atoms with van der Waals surface area (Å²) in [7, 11) is 0. The second-order valence-corrected chi connectivity index (χ2v) is 4.95. The molecule has 2 nitrogen and oxygen atoms in total. The Morgan fingerprint density at radius 1 is 1.53 bits per heavy atom. The van der Waals surface area contributed by atoms with Crippen LogP contribution in [0.4, 0.5) is 4.39 Å². The third-order valence-electron chi connectivity index (χ3n) is 3.38. The largest absolute Gasteiger partial charge is 0.345 e. The quantitative estimate of drug-likeness (QED) is 0.827. The van der Waals surface area contributed by atoms with Crippen molar-refractivity contribution >= 4 is 17.5 Å². The van der Waals surface area contributed by atoms with E-state index in [2.05, 4.69) is 5.32 Å². The summed E-state index contributed by atoms with van der Waals surface area (Å²) in [5.41, 5.74) is 0.911. The van der Waals surface area contributed by atoms with Gasteiger partial charge in [-0.15, -0.1) is 11.6 Å². The molecule has 0 aliphatic heterocycles. The van der Waals surface area contributed by atoms with Crippen LogP contribution < -0.4 is 5.32 Å². The monoisotopic (exact) mass is 255 g/mol. The molecule has 4 heteroatoms. The Bertz CT molecular complexity index is 438. The predicted octanol–water partition coefficient (Wildman–Crippen LogP) is 3.03. The Kier molecular flexibility index (Phi) is 3.38. The number of aryl methyl sites for hydroxylation is 1.